The first-order valence-corrected chi connectivity index (χ1v) is 9.49. The predicted octanol–water partition coefficient (Wildman–Crippen LogP) is 2.91. The molecule has 6 heteroatoms. The van der Waals surface area contributed by atoms with E-state index >= 15 is 0 Å². The SMILES string of the molecule is CC(C)c1cc(NC[C@H]2CCCN(C(=O)C3CC3)C2)n2nccc2n1. The van der Waals surface area contributed by atoms with E-state index in [1.807, 2.05) is 10.6 Å². The van der Waals surface area contributed by atoms with Gasteiger partial charge in [0.05, 0.1) is 6.20 Å². The molecule has 1 aliphatic carbocycles. The first-order chi connectivity index (χ1) is 12.1. The summed E-state index contributed by atoms with van der Waals surface area (Å²) in [6, 6.07) is 4.04. The molecule has 0 unspecified atom stereocenters. The average molecular weight is 341 g/mol. The third kappa shape index (κ3) is 3.48. The van der Waals surface area contributed by atoms with Crippen LogP contribution in [0.5, 0.6) is 0 Å². The number of rotatable bonds is 5. The molecule has 1 aliphatic heterocycles. The third-order valence-electron chi connectivity index (χ3n) is 5.30. The summed E-state index contributed by atoms with van der Waals surface area (Å²) in [5.41, 5.74) is 1.95. The number of hydrogen-bond donors (Lipinski definition) is 1. The van der Waals surface area contributed by atoms with Gasteiger partial charge in [-0.05, 0) is 37.5 Å². The second-order valence-electron chi connectivity index (χ2n) is 7.77. The van der Waals surface area contributed by atoms with Gasteiger partial charge >= 0.3 is 0 Å². The van der Waals surface area contributed by atoms with E-state index in [1.165, 1.54) is 6.42 Å². The zero-order valence-electron chi connectivity index (χ0n) is 15.1. The molecule has 3 heterocycles. The van der Waals surface area contributed by atoms with Crippen LogP contribution in [-0.2, 0) is 4.79 Å². The molecular weight excluding hydrogens is 314 g/mol. The largest absolute Gasteiger partial charge is 0.370 e. The summed E-state index contributed by atoms with van der Waals surface area (Å²) >= 11 is 0. The molecule has 2 fully saturated rings. The molecule has 0 spiro atoms. The van der Waals surface area contributed by atoms with Gasteiger partial charge in [0.1, 0.15) is 5.82 Å². The molecule has 1 saturated carbocycles. The van der Waals surface area contributed by atoms with E-state index in [0.29, 0.717) is 23.7 Å². The maximum atomic E-state index is 12.3. The molecule has 1 saturated heterocycles. The number of carbonyl (C=O) groups excluding carboxylic acids is 1. The van der Waals surface area contributed by atoms with Crippen LogP contribution in [0.4, 0.5) is 5.82 Å². The minimum atomic E-state index is 0.323. The molecule has 6 nitrogen and oxygen atoms in total. The second kappa shape index (κ2) is 6.65. The monoisotopic (exact) mass is 341 g/mol. The molecule has 2 aromatic heterocycles. The number of hydrogen-bond acceptors (Lipinski definition) is 4. The molecule has 0 radical (unpaired) electrons. The van der Waals surface area contributed by atoms with Gasteiger partial charge in [0, 0.05) is 43.4 Å². The Bertz CT molecular complexity index is 764. The van der Waals surface area contributed by atoms with Gasteiger partial charge in [0.2, 0.25) is 5.91 Å². The summed E-state index contributed by atoms with van der Waals surface area (Å²) < 4.78 is 1.86. The molecule has 134 valence electrons. The molecule has 0 aromatic carbocycles. The van der Waals surface area contributed by atoms with E-state index in [-0.39, 0.29) is 0 Å². The molecule has 2 aromatic rings. The van der Waals surface area contributed by atoms with E-state index < -0.39 is 0 Å². The molecular formula is C19H27N5O. The van der Waals surface area contributed by atoms with E-state index in [4.69, 9.17) is 0 Å². The van der Waals surface area contributed by atoms with Gasteiger partial charge in [-0.2, -0.15) is 9.61 Å². The Hall–Kier alpha value is -2.11. The van der Waals surface area contributed by atoms with Crippen LogP contribution >= 0.6 is 0 Å². The van der Waals surface area contributed by atoms with Crippen LogP contribution < -0.4 is 5.32 Å². The molecule has 0 bridgehead atoms. The normalized spacial score (nSPS) is 21.1. The molecule has 25 heavy (non-hydrogen) atoms. The minimum Gasteiger partial charge on any atom is -0.370 e. The lowest BCUT2D eigenvalue weighted by Gasteiger charge is -2.33. The lowest BCUT2D eigenvalue weighted by molar-refractivity contribution is -0.134. The highest BCUT2D eigenvalue weighted by Gasteiger charge is 2.35. The Morgan fingerprint density at radius 3 is 2.96 bits per heavy atom. The third-order valence-corrected chi connectivity index (χ3v) is 5.30. The number of amides is 1. The van der Waals surface area contributed by atoms with Crippen LogP contribution in [0.25, 0.3) is 5.65 Å². The van der Waals surface area contributed by atoms with Crippen LogP contribution in [0.2, 0.25) is 0 Å². The van der Waals surface area contributed by atoms with Crippen LogP contribution in [0, 0.1) is 11.8 Å². The van der Waals surface area contributed by atoms with Crippen molar-refractivity contribution in [2.75, 3.05) is 25.0 Å². The summed E-state index contributed by atoms with van der Waals surface area (Å²) in [7, 11) is 0. The Labute approximate surface area is 148 Å². The number of nitrogens with one attached hydrogen (secondary N) is 1. The highest BCUT2D eigenvalue weighted by atomic mass is 16.2. The second-order valence-corrected chi connectivity index (χ2v) is 7.77. The Balaban J connectivity index is 1.44. The number of nitrogens with zero attached hydrogens (tertiary/aromatic N) is 4. The predicted molar refractivity (Wildman–Crippen MR) is 97.6 cm³/mol. The van der Waals surface area contributed by atoms with E-state index in [1.54, 1.807) is 6.20 Å². The minimum absolute atomic E-state index is 0.323. The van der Waals surface area contributed by atoms with Gasteiger partial charge in [0.15, 0.2) is 5.65 Å². The van der Waals surface area contributed by atoms with Crippen molar-refractivity contribution in [3.8, 4) is 0 Å². The Morgan fingerprint density at radius 2 is 2.20 bits per heavy atom. The number of anilines is 1. The van der Waals surface area contributed by atoms with Gasteiger partial charge in [-0.3, -0.25) is 4.79 Å². The molecule has 1 N–H and O–H groups in total. The van der Waals surface area contributed by atoms with Crippen molar-refractivity contribution < 1.29 is 4.79 Å². The van der Waals surface area contributed by atoms with Crippen molar-refractivity contribution in [2.45, 2.75) is 45.4 Å². The molecule has 1 amide bonds. The van der Waals surface area contributed by atoms with Crippen molar-refractivity contribution in [1.29, 1.82) is 0 Å². The van der Waals surface area contributed by atoms with Crippen molar-refractivity contribution >= 4 is 17.4 Å². The topological polar surface area (TPSA) is 62.5 Å². The zero-order chi connectivity index (χ0) is 17.4. The first kappa shape index (κ1) is 16.4. The van der Waals surface area contributed by atoms with Crippen molar-refractivity contribution in [1.82, 2.24) is 19.5 Å². The lowest BCUT2D eigenvalue weighted by atomic mass is 9.97. The van der Waals surface area contributed by atoms with Crippen LogP contribution in [0.15, 0.2) is 18.3 Å². The van der Waals surface area contributed by atoms with Crippen LogP contribution in [0.1, 0.15) is 51.1 Å². The van der Waals surface area contributed by atoms with Crippen molar-refractivity contribution in [3.05, 3.63) is 24.0 Å². The smallest absolute Gasteiger partial charge is 0.225 e. The lowest BCUT2D eigenvalue weighted by Crippen LogP contribution is -2.42. The van der Waals surface area contributed by atoms with E-state index in [2.05, 4.69) is 40.2 Å². The molecule has 2 aliphatic rings. The van der Waals surface area contributed by atoms with E-state index in [9.17, 15) is 4.79 Å². The van der Waals surface area contributed by atoms with Crippen LogP contribution in [0.3, 0.4) is 0 Å². The maximum absolute atomic E-state index is 12.3. The zero-order valence-corrected chi connectivity index (χ0v) is 15.1. The van der Waals surface area contributed by atoms with Crippen molar-refractivity contribution in [3.63, 3.8) is 0 Å². The number of piperidine rings is 1. The van der Waals surface area contributed by atoms with Gasteiger partial charge in [-0.15, -0.1) is 0 Å². The number of fused-ring (bicyclic) bond motifs is 1. The fourth-order valence-corrected chi connectivity index (χ4v) is 3.62. The summed E-state index contributed by atoms with van der Waals surface area (Å²) in [6.07, 6.45) is 6.24. The summed E-state index contributed by atoms with van der Waals surface area (Å²) in [6.45, 7) is 6.99. The van der Waals surface area contributed by atoms with E-state index in [0.717, 1.165) is 56.1 Å². The highest BCUT2D eigenvalue weighted by molar-refractivity contribution is 5.81. The Kier molecular flexibility index (Phi) is 4.36. The number of likely N-dealkylation sites (tertiary alicyclic amines) is 1. The number of carbonyl (C=O) groups is 1. The average Bonchev–Trinajstić information content (AvgIpc) is 3.36. The van der Waals surface area contributed by atoms with Crippen molar-refractivity contribution in [2.24, 2.45) is 11.8 Å². The highest BCUT2D eigenvalue weighted by Crippen LogP contribution is 2.32. The Morgan fingerprint density at radius 1 is 1.36 bits per heavy atom. The summed E-state index contributed by atoms with van der Waals surface area (Å²) in [5, 5.41) is 7.95. The quantitative estimate of drug-likeness (QED) is 0.908. The van der Waals surface area contributed by atoms with Gasteiger partial charge in [-0.25, -0.2) is 4.98 Å². The number of aromatic nitrogens is 3. The molecule has 4 rings (SSSR count). The summed E-state index contributed by atoms with van der Waals surface area (Å²) in [4.78, 5) is 19.1. The first-order valence-electron chi connectivity index (χ1n) is 9.49. The summed E-state index contributed by atoms with van der Waals surface area (Å²) in [5.74, 6) is 2.57. The fraction of sp³-hybridized carbons (Fsp3) is 0.632. The maximum Gasteiger partial charge on any atom is 0.225 e. The molecule has 1 atom stereocenters. The van der Waals surface area contributed by atoms with Gasteiger partial charge in [0.25, 0.3) is 0 Å². The van der Waals surface area contributed by atoms with Crippen LogP contribution in [-0.4, -0.2) is 45.0 Å². The standard InChI is InChI=1S/C19H27N5O/c1-13(2)16-10-18(24-17(22-16)7-8-21-24)20-11-14-4-3-9-23(12-14)19(25)15-5-6-15/h7-8,10,13-15,20H,3-6,9,11-12H2,1-2H3/t14-/m1/s1. The fourth-order valence-electron chi connectivity index (χ4n) is 3.62. The van der Waals surface area contributed by atoms with Gasteiger partial charge in [-0.1, -0.05) is 13.8 Å². The van der Waals surface area contributed by atoms with Gasteiger partial charge < -0.3 is 10.2 Å².